The van der Waals surface area contributed by atoms with E-state index < -0.39 is 30.8 Å². The summed E-state index contributed by atoms with van der Waals surface area (Å²) in [5.41, 5.74) is 6.63. The van der Waals surface area contributed by atoms with Crippen LogP contribution < -0.4 is 11.1 Å². The molecule has 0 radical (unpaired) electrons. The largest absolute Gasteiger partial charge is 0.365 e. The smallest absolute Gasteiger partial charge is 0.318 e. The average molecular weight is 426 g/mol. The lowest BCUT2D eigenvalue weighted by Crippen LogP contribution is -2.55. The number of benzene rings is 1. The van der Waals surface area contributed by atoms with Crippen molar-refractivity contribution in [2.75, 3.05) is 19.9 Å². The molecule has 7 nitrogen and oxygen atoms in total. The van der Waals surface area contributed by atoms with Crippen LogP contribution in [0.2, 0.25) is 5.02 Å². The van der Waals surface area contributed by atoms with Gasteiger partial charge in [0.15, 0.2) is 0 Å². The Bertz CT molecular complexity index is 958. The summed E-state index contributed by atoms with van der Waals surface area (Å²) in [5.74, 6) is -0.673. The molecule has 1 aliphatic rings. The Morgan fingerprint density at radius 1 is 1.31 bits per heavy atom. The predicted octanol–water partition coefficient (Wildman–Crippen LogP) is 2.83. The summed E-state index contributed by atoms with van der Waals surface area (Å²) in [7, 11) is 0. The van der Waals surface area contributed by atoms with E-state index in [0.717, 1.165) is 5.56 Å². The maximum atomic E-state index is 13.1. The van der Waals surface area contributed by atoms with Crippen molar-refractivity contribution in [1.82, 2.24) is 20.0 Å². The highest BCUT2D eigenvalue weighted by atomic mass is 35.5. The predicted molar refractivity (Wildman–Crippen MR) is 105 cm³/mol. The van der Waals surface area contributed by atoms with Gasteiger partial charge in [-0.1, -0.05) is 17.7 Å². The van der Waals surface area contributed by atoms with Crippen LogP contribution in [0.3, 0.4) is 0 Å². The van der Waals surface area contributed by atoms with Gasteiger partial charge in [-0.15, -0.1) is 0 Å². The molecule has 3 rings (SSSR count). The first-order valence-electron chi connectivity index (χ1n) is 9.04. The number of aryl methyl sites for hydroxylation is 1. The molecule has 1 aromatic carbocycles. The van der Waals surface area contributed by atoms with Crippen molar-refractivity contribution in [1.29, 1.82) is 0 Å². The van der Waals surface area contributed by atoms with Crippen LogP contribution in [0.1, 0.15) is 28.5 Å². The van der Waals surface area contributed by atoms with Gasteiger partial charge < -0.3 is 16.0 Å². The van der Waals surface area contributed by atoms with Crippen molar-refractivity contribution in [3.8, 4) is 11.3 Å². The summed E-state index contributed by atoms with van der Waals surface area (Å²) in [6, 6.07) is 4.65. The van der Waals surface area contributed by atoms with E-state index in [0.29, 0.717) is 28.5 Å². The molecule has 0 bridgehead atoms. The van der Waals surface area contributed by atoms with Crippen LogP contribution >= 0.6 is 11.6 Å². The Labute approximate surface area is 171 Å². The van der Waals surface area contributed by atoms with Crippen LogP contribution in [-0.4, -0.2) is 52.1 Å². The highest BCUT2D eigenvalue weighted by molar-refractivity contribution is 6.31. The zero-order valence-electron chi connectivity index (χ0n) is 16.1. The lowest BCUT2D eigenvalue weighted by Gasteiger charge is -2.32. The van der Waals surface area contributed by atoms with Gasteiger partial charge in [-0.2, -0.15) is 5.10 Å². The first-order valence-corrected chi connectivity index (χ1v) is 9.42. The second-order valence-corrected chi connectivity index (χ2v) is 7.81. The van der Waals surface area contributed by atoms with E-state index in [1.807, 2.05) is 13.0 Å². The van der Waals surface area contributed by atoms with Crippen LogP contribution in [0.25, 0.3) is 11.3 Å². The number of urea groups is 1. The van der Waals surface area contributed by atoms with Crippen molar-refractivity contribution < 1.29 is 18.4 Å². The number of amides is 3. The third-order valence-electron chi connectivity index (χ3n) is 4.94. The van der Waals surface area contributed by atoms with Crippen LogP contribution in [0, 0.1) is 6.92 Å². The molecule has 156 valence electrons. The Balaban J connectivity index is 1.94. The number of primary amides is 1. The van der Waals surface area contributed by atoms with E-state index in [-0.39, 0.29) is 18.7 Å². The molecule has 0 saturated heterocycles. The number of alkyl halides is 2. The number of hydrogen-bond donors (Lipinski definition) is 2. The number of nitrogens with two attached hydrogens (primary N) is 1. The highest BCUT2D eigenvalue weighted by Crippen LogP contribution is 2.30. The molecule has 0 spiro atoms. The first kappa shape index (κ1) is 21.0. The highest BCUT2D eigenvalue weighted by Gasteiger charge is 2.33. The standard InChI is InChI=1S/C19H22ClF2N5O2/c1-11-7-12(3-4-13(11)20)16-15(17(23)28)14-8-26(5-6-27(14)25-16)18(29)24-19(2,9-21)10-22/h3-4,7H,5-6,8-10H2,1-2H3,(H2,23,28)(H,24,29). The van der Waals surface area contributed by atoms with E-state index in [1.54, 1.807) is 16.8 Å². The number of halogens is 3. The molecule has 29 heavy (non-hydrogen) atoms. The summed E-state index contributed by atoms with van der Waals surface area (Å²) >= 11 is 6.08. The molecule has 3 N–H and O–H groups in total. The van der Waals surface area contributed by atoms with Crippen molar-refractivity contribution in [3.63, 3.8) is 0 Å². The fourth-order valence-electron chi connectivity index (χ4n) is 3.18. The maximum absolute atomic E-state index is 13.1. The molecule has 0 aliphatic carbocycles. The monoisotopic (exact) mass is 425 g/mol. The van der Waals surface area contributed by atoms with Gasteiger partial charge >= 0.3 is 6.03 Å². The van der Waals surface area contributed by atoms with E-state index in [9.17, 15) is 18.4 Å². The van der Waals surface area contributed by atoms with Crippen molar-refractivity contribution >= 4 is 23.5 Å². The van der Waals surface area contributed by atoms with Crippen LogP contribution in [0.4, 0.5) is 13.6 Å². The minimum absolute atomic E-state index is 0.0400. The molecule has 1 aromatic heterocycles. The van der Waals surface area contributed by atoms with Gasteiger partial charge in [-0.25, -0.2) is 13.6 Å². The van der Waals surface area contributed by atoms with Crippen LogP contribution in [0.5, 0.6) is 0 Å². The summed E-state index contributed by atoms with van der Waals surface area (Å²) in [4.78, 5) is 26.1. The summed E-state index contributed by atoms with van der Waals surface area (Å²) in [6.45, 7) is 1.68. The molecule has 0 fully saturated rings. The van der Waals surface area contributed by atoms with Gasteiger partial charge in [0.25, 0.3) is 5.91 Å². The fraction of sp³-hybridized carbons (Fsp3) is 0.421. The maximum Gasteiger partial charge on any atom is 0.318 e. The number of nitrogens with zero attached hydrogens (tertiary/aromatic N) is 3. The fourth-order valence-corrected chi connectivity index (χ4v) is 3.30. The van der Waals surface area contributed by atoms with Crippen molar-refractivity contribution in [2.45, 2.75) is 32.5 Å². The molecule has 2 aromatic rings. The topological polar surface area (TPSA) is 93.2 Å². The molecule has 1 aliphatic heterocycles. The lowest BCUT2D eigenvalue weighted by molar-refractivity contribution is 0.0996. The number of fused-ring (bicyclic) bond motifs is 1. The Morgan fingerprint density at radius 3 is 2.59 bits per heavy atom. The molecule has 3 amide bonds. The van der Waals surface area contributed by atoms with E-state index >= 15 is 0 Å². The second kappa shape index (κ2) is 7.98. The van der Waals surface area contributed by atoms with Gasteiger partial charge in [0, 0.05) is 17.1 Å². The SMILES string of the molecule is Cc1cc(-c2nn3c(c2C(N)=O)CN(C(=O)NC(C)(CF)CF)CC3)ccc1Cl. The minimum atomic E-state index is -1.59. The molecule has 0 atom stereocenters. The summed E-state index contributed by atoms with van der Waals surface area (Å²) in [5, 5.41) is 7.47. The number of hydrogen-bond acceptors (Lipinski definition) is 3. The Morgan fingerprint density at radius 2 is 2.00 bits per heavy atom. The lowest BCUT2D eigenvalue weighted by atomic mass is 10.0. The number of carbonyl (C=O) groups excluding carboxylic acids is 2. The molecule has 2 heterocycles. The number of rotatable bonds is 5. The number of aromatic nitrogens is 2. The quantitative estimate of drug-likeness (QED) is 0.771. The molecular weight excluding hydrogens is 404 g/mol. The Hall–Kier alpha value is -2.68. The molecule has 10 heteroatoms. The first-order chi connectivity index (χ1) is 13.7. The van der Waals surface area contributed by atoms with E-state index in [4.69, 9.17) is 17.3 Å². The van der Waals surface area contributed by atoms with Gasteiger partial charge in [0.2, 0.25) is 0 Å². The normalized spacial score (nSPS) is 13.9. The zero-order valence-corrected chi connectivity index (χ0v) is 16.9. The molecule has 0 saturated carbocycles. The summed E-state index contributed by atoms with van der Waals surface area (Å²) < 4.78 is 27.8. The van der Waals surface area contributed by atoms with Gasteiger partial charge in [-0.05, 0) is 31.5 Å². The van der Waals surface area contributed by atoms with E-state index in [2.05, 4.69) is 10.4 Å². The van der Waals surface area contributed by atoms with Gasteiger partial charge in [0.1, 0.15) is 19.0 Å². The molecule has 0 unspecified atom stereocenters. The van der Waals surface area contributed by atoms with Gasteiger partial charge in [0.05, 0.1) is 29.9 Å². The van der Waals surface area contributed by atoms with Crippen LogP contribution in [-0.2, 0) is 13.1 Å². The Kier molecular flexibility index (Phi) is 5.79. The molecular formula is C19H22ClF2N5O2. The van der Waals surface area contributed by atoms with Crippen molar-refractivity contribution in [3.05, 3.63) is 40.0 Å². The second-order valence-electron chi connectivity index (χ2n) is 7.40. The minimum Gasteiger partial charge on any atom is -0.365 e. The van der Waals surface area contributed by atoms with Crippen LogP contribution in [0.15, 0.2) is 18.2 Å². The summed E-state index contributed by atoms with van der Waals surface area (Å²) in [6.07, 6.45) is 0. The van der Waals surface area contributed by atoms with Gasteiger partial charge in [-0.3, -0.25) is 9.48 Å². The van der Waals surface area contributed by atoms with E-state index in [1.165, 1.54) is 11.8 Å². The third kappa shape index (κ3) is 4.05. The number of carbonyl (C=O) groups is 2. The van der Waals surface area contributed by atoms with Crippen molar-refractivity contribution in [2.24, 2.45) is 5.73 Å². The number of nitrogens with one attached hydrogen (secondary N) is 1. The third-order valence-corrected chi connectivity index (χ3v) is 5.37. The zero-order chi connectivity index (χ0) is 21.3. The average Bonchev–Trinajstić information content (AvgIpc) is 3.08.